The largest absolute Gasteiger partial charge is 0.741 e. The van der Waals surface area contributed by atoms with Crippen molar-refractivity contribution in [2.45, 2.75) is 5.51 Å². The van der Waals surface area contributed by atoms with Crippen molar-refractivity contribution >= 4 is 356 Å². The first-order valence-electron chi connectivity index (χ1n) is 40.6. The van der Waals surface area contributed by atoms with Crippen molar-refractivity contribution in [3.63, 3.8) is 0 Å². The minimum atomic E-state index is -6.09. The third kappa shape index (κ3) is 44.1. The molecule has 0 spiro atoms. The summed E-state index contributed by atoms with van der Waals surface area (Å²) >= 11 is 124. The number of alkyl halides is 3. The van der Waals surface area contributed by atoms with Crippen LogP contribution >= 0.6 is 184 Å². The van der Waals surface area contributed by atoms with Gasteiger partial charge in [0.25, 0.3) is 0 Å². The highest BCUT2D eigenvalue weighted by Crippen LogP contribution is 2.64. The average Bonchev–Trinajstić information content (AvgIpc) is 0.816. The highest BCUT2D eigenvalue weighted by Gasteiger charge is 2.38. The number of nitrogens with zero attached hydrogens (tertiary/aromatic N) is 19. The van der Waals surface area contributed by atoms with Crippen LogP contribution in [0.25, 0.3) is 0 Å². The molecule has 784 valence electrons. The number of rotatable bonds is 51. The third-order valence-corrected chi connectivity index (χ3v) is 44.6. The molecule has 0 amide bonds. The Morgan fingerprint density at radius 1 is 0.269 bits per heavy atom. The molecule has 0 aromatic heterocycles. The number of hydrazone groups is 9. The van der Waals surface area contributed by atoms with E-state index in [0.29, 0.717) is 129 Å². The molecule has 0 unspecified atom stereocenters. The number of hydrogen-bond donors (Lipinski definition) is 0. The molecule has 0 saturated heterocycles. The molecule has 0 fully saturated rings. The van der Waals surface area contributed by atoms with Crippen molar-refractivity contribution in [1.29, 1.82) is 0 Å². The fraction of sp³-hybridized carbons (Fsp3) is 0.212. The van der Waals surface area contributed by atoms with Crippen LogP contribution in [0.1, 0.15) is 50.1 Å². The van der Waals surface area contributed by atoms with E-state index in [2.05, 4.69) is 37.7 Å². The summed E-state index contributed by atoms with van der Waals surface area (Å²) in [7, 11) is 10.7. The molecule has 0 N–H and O–H groups in total. The van der Waals surface area contributed by atoms with Gasteiger partial charge >= 0.3 is 25.4 Å². The zero-order valence-corrected chi connectivity index (χ0v) is 102. The Hall–Kier alpha value is -4.60. The van der Waals surface area contributed by atoms with Gasteiger partial charge in [-0.2, -0.15) is 59.1 Å². The lowest BCUT2D eigenvalue weighted by molar-refractivity contribution is -0.909. The van der Waals surface area contributed by atoms with Crippen molar-refractivity contribution in [3.05, 3.63) is 268 Å². The highest BCUT2D eigenvalue weighted by molar-refractivity contribution is 8.40. The molecule has 31 nitrogen and oxygen atoms in total. The summed E-state index contributed by atoms with van der Waals surface area (Å²) in [6.07, 6.45) is 14.4. The Bertz CT molecular complexity index is 5890. The number of hydrogen-bond acceptors (Lipinski definition) is 30. The predicted octanol–water partition coefficient (Wildman–Crippen LogP) is 27.5. The van der Waals surface area contributed by atoms with Crippen molar-refractivity contribution in [1.82, 2.24) is 43.0 Å². The second-order valence-electron chi connectivity index (χ2n) is 29.5. The molecule has 0 heterocycles. The normalized spacial score (nSPS) is 13.0. The smallest absolute Gasteiger partial charge is 0.485 e. The van der Waals surface area contributed by atoms with Crippen molar-refractivity contribution < 1.29 is 72.0 Å². The van der Waals surface area contributed by atoms with E-state index in [9.17, 15) is 13.2 Å². The van der Waals surface area contributed by atoms with Crippen LogP contribution in [0.2, 0.25) is 0 Å². The first-order valence-corrected chi connectivity index (χ1v) is 77.1. The lowest BCUT2D eigenvalue weighted by Gasteiger charge is -2.34. The minimum Gasteiger partial charge on any atom is -0.741 e. The second-order valence-corrected chi connectivity index (χ2v) is 86.8. The van der Waals surface area contributed by atoms with E-state index in [-0.39, 0.29) is 0 Å². The Morgan fingerprint density at radius 3 is 0.503 bits per heavy atom. The quantitative estimate of drug-likeness (QED) is 0.00855. The van der Waals surface area contributed by atoms with E-state index >= 15 is 0 Å². The molecule has 0 aliphatic rings. The summed E-state index contributed by atoms with van der Waals surface area (Å²) in [5.41, 5.74) is 0.767. The van der Waals surface area contributed by atoms with Gasteiger partial charge in [0.1, 0.15) is 91.2 Å². The minimum absolute atomic E-state index is 0.307. The van der Waals surface area contributed by atoms with Crippen molar-refractivity contribution in [2.75, 3.05) is 110 Å². The van der Waals surface area contributed by atoms with E-state index in [4.69, 9.17) is 311 Å². The summed E-state index contributed by atoms with van der Waals surface area (Å²) in [4.78, 5) is -17.0. The van der Waals surface area contributed by atoms with Crippen LogP contribution in [0.15, 0.2) is 264 Å². The molecule has 9 aromatic rings. The molecular weight excluding hydrogens is 2500 g/mol. The number of likely N-dealkylation sites (N-methyl/N-ethyl adjacent to an activating group) is 1. The van der Waals surface area contributed by atoms with Crippen LogP contribution in [0.3, 0.4) is 0 Å². The molecule has 0 aliphatic heterocycles. The highest BCUT2D eigenvalue weighted by atomic mass is 35.9. The standard InChI is InChI=1S/C79H87Cl12N19O9P9S9.CHF3O3S/c1-101(120(80,81)129)92-53-65-17-35-74(36-18-65)114-126(135,115-75-37-19-66(20-38-75)54-93-102(2)121(82,83)130)107(7)98-59-62-11-29-71(30-12-62)111-50-47-110(10,48-51-112-72-31-13-63(14-32-72)60-99-108(8)127(136,116-76-39-21-67(22-40-76)55-94-103(3)122(84,85)131)117-77-41-23-68(24-42-77)56-95-104(4)123(86,87)132)49-52-113-73-33-15-64(16-34-73)61-100-109(9)128(137,118-78-43-25-69(26-44-78)57-96-105(5)124(88,89)133)119-79-45-27-70(28-46-79)58-97-106(6)125(90,91)134;2-1(3,4)8(5,6)7/h11-46,53-61H,47-52H2,1-10H3;(H,5,6,7)/q+1;/p-1/b92-53+,93-54+,94-55+,95-56+,96-57+,97-58+,98-59+,99-60+,100-61+;. The van der Waals surface area contributed by atoms with E-state index in [1.807, 2.05) is 72.8 Å². The van der Waals surface area contributed by atoms with Gasteiger partial charge in [-0.3, -0.25) is 0 Å². The number of ether oxygens (including phenoxy) is 3. The Balaban J connectivity index is 0.00000307. The van der Waals surface area contributed by atoms with Crippen LogP contribution in [0.4, 0.5) is 13.2 Å². The van der Waals surface area contributed by atoms with Crippen LogP contribution in [-0.2, 0) is 116 Å². The molecule has 0 saturated carbocycles. The van der Waals surface area contributed by atoms with Gasteiger partial charge in [-0.1, -0.05) is 0 Å². The van der Waals surface area contributed by atoms with Crippen LogP contribution in [0.5, 0.6) is 51.7 Å². The first kappa shape index (κ1) is 126. The van der Waals surface area contributed by atoms with E-state index < -0.39 is 64.9 Å². The van der Waals surface area contributed by atoms with E-state index in [0.717, 1.165) is 16.7 Å². The number of benzene rings is 9. The summed E-state index contributed by atoms with van der Waals surface area (Å²) in [5, 5.41) is 40.0. The monoisotopic (exact) mass is 2580 g/mol. The summed E-state index contributed by atoms with van der Waals surface area (Å²) in [6.45, 7) is -8.02. The first-order chi connectivity index (χ1) is 67.4. The molecular formula is C80H87Cl12F3N19O12P9S10. The Labute approximate surface area is 942 Å². The van der Waals surface area contributed by atoms with Gasteiger partial charge in [0.05, 0.1) is 63.0 Å². The number of quaternary nitrogens is 1. The summed E-state index contributed by atoms with van der Waals surface area (Å²) < 4.78 is 131. The summed E-state index contributed by atoms with van der Waals surface area (Å²) in [6, 6.07) is 64.4. The predicted molar refractivity (Wildman–Crippen MR) is 632 cm³/mol. The summed E-state index contributed by atoms with van der Waals surface area (Å²) in [5.74, 6) is 4.21. The second kappa shape index (κ2) is 56.5. The van der Waals surface area contributed by atoms with E-state index in [1.165, 1.54) is 43.0 Å². The maximum absolute atomic E-state index is 10.7. The molecule has 0 radical (unpaired) electrons. The van der Waals surface area contributed by atoms with Crippen LogP contribution in [0, 0.1) is 0 Å². The fourth-order valence-corrected chi connectivity index (χ4v) is 19.0. The fourth-order valence-electron chi connectivity index (χ4n) is 10.2. The zero-order valence-electron chi connectivity index (χ0n) is 76.9. The van der Waals surface area contributed by atoms with Crippen molar-refractivity contribution in [3.8, 4) is 51.7 Å². The molecule has 65 heteroatoms. The topological polar surface area (TPSA) is 281 Å². The Morgan fingerprint density at radius 2 is 0.386 bits per heavy atom. The molecule has 9 rings (SSSR count). The molecule has 0 bridgehead atoms. The van der Waals surface area contributed by atoms with Gasteiger partial charge in [-0.05, 0) is 474 Å². The van der Waals surface area contributed by atoms with Gasteiger partial charge in [0, 0.05) is 98.8 Å². The molecule has 145 heavy (non-hydrogen) atoms. The molecule has 9 aromatic carbocycles. The van der Waals surface area contributed by atoms with Gasteiger partial charge in [-0.15, -0.1) is 0 Å². The SMILES string of the molecule is CN(/N=C/c1ccc(OP(=S)(Oc2ccc(/C=N/N(C)P(=S)(Cl)Cl)cc2)N(C)/N=C/c2ccc(OCC[N+](C)(CCOc3ccc(/C=N/N(C)P(=S)(Oc4ccc(/C=N/N(C)P(=S)(Cl)Cl)cc4)Oc4ccc(/C=N/N(C)P(=S)(Cl)Cl)cc4)cc3)CCOc3ccc(/C=N/N(C)P(=S)(Oc4ccc(/C=N/N(C)P(=S)(Cl)Cl)cc4)Oc4ccc(/C=N/N(C)P(=S)(Cl)Cl)cc4)cc3)cc2)cc1)P(=S)(Cl)Cl.O=S(=O)([O-])C(F)(F)F. The van der Waals surface area contributed by atoms with Gasteiger partial charge in [-0.25, -0.2) is 51.4 Å². The van der Waals surface area contributed by atoms with Gasteiger partial charge in [0.15, 0.2) is 10.1 Å². The van der Waals surface area contributed by atoms with Crippen molar-refractivity contribution in [2.24, 2.45) is 45.9 Å². The lowest BCUT2D eigenvalue weighted by Crippen LogP contribution is -2.51. The van der Waals surface area contributed by atoms with Gasteiger partial charge in [0.2, 0.25) is 29.4 Å². The molecule has 0 atom stereocenters. The van der Waals surface area contributed by atoms with Crippen LogP contribution in [-0.4, -0.2) is 232 Å². The lowest BCUT2D eigenvalue weighted by atomic mass is 10.2. The van der Waals surface area contributed by atoms with E-state index in [1.54, 1.807) is 265 Å². The van der Waals surface area contributed by atoms with Crippen LogP contribution < -0.4 is 41.4 Å². The average molecular weight is 2590 g/mol. The third-order valence-electron chi connectivity index (χ3n) is 18.7. The maximum atomic E-state index is 10.7. The Kier molecular flexibility index (Phi) is 48.9. The van der Waals surface area contributed by atoms with Gasteiger partial charge < -0.3 is 50.4 Å². The zero-order chi connectivity index (χ0) is 107. The molecule has 0 aliphatic carbocycles. The number of halogens is 15. The maximum Gasteiger partial charge on any atom is 0.485 e.